The number of benzene rings is 1. The molecule has 7 nitrogen and oxygen atoms in total. The molecule has 0 unspecified atom stereocenters. The topological polar surface area (TPSA) is 88.9 Å². The molecule has 0 radical (unpaired) electrons. The summed E-state index contributed by atoms with van der Waals surface area (Å²) in [5.41, 5.74) is 1.96. The van der Waals surface area contributed by atoms with E-state index < -0.39 is 0 Å². The summed E-state index contributed by atoms with van der Waals surface area (Å²) in [5.74, 6) is -0.393. The molecule has 1 aliphatic carbocycles. The molecule has 1 aromatic carbocycles. The first-order chi connectivity index (χ1) is 12.7. The van der Waals surface area contributed by atoms with Crippen LogP contribution in [0.15, 0.2) is 30.5 Å². The minimum Gasteiger partial charge on any atom is -0.343 e. The number of amides is 2. The maximum Gasteiger partial charge on any atom is 0.273 e. The van der Waals surface area contributed by atoms with Gasteiger partial charge in [-0.25, -0.2) is 4.68 Å². The van der Waals surface area contributed by atoms with Gasteiger partial charge < -0.3 is 10.6 Å². The number of rotatable bonds is 3. The van der Waals surface area contributed by atoms with Gasteiger partial charge in [0, 0.05) is 5.69 Å². The van der Waals surface area contributed by atoms with E-state index in [4.69, 9.17) is 0 Å². The van der Waals surface area contributed by atoms with Gasteiger partial charge in [-0.1, -0.05) is 49.1 Å². The van der Waals surface area contributed by atoms with Crippen LogP contribution in [0, 0.1) is 0 Å². The van der Waals surface area contributed by atoms with Crippen molar-refractivity contribution in [1.29, 1.82) is 0 Å². The average molecular weight is 353 g/mol. The van der Waals surface area contributed by atoms with Crippen molar-refractivity contribution >= 4 is 17.5 Å². The van der Waals surface area contributed by atoms with Crippen LogP contribution in [0.1, 0.15) is 73.1 Å². The van der Waals surface area contributed by atoms with E-state index in [1.165, 1.54) is 25.7 Å². The normalized spacial score (nSPS) is 20.8. The van der Waals surface area contributed by atoms with Crippen LogP contribution in [0.5, 0.6) is 0 Å². The molecule has 0 saturated heterocycles. The van der Waals surface area contributed by atoms with Gasteiger partial charge in [0.1, 0.15) is 0 Å². The number of hydrogen-bond acceptors (Lipinski definition) is 4. The number of carbonyl (C=O) groups is 2. The lowest BCUT2D eigenvalue weighted by Crippen LogP contribution is -2.35. The van der Waals surface area contributed by atoms with Crippen LogP contribution in [0.4, 0.5) is 5.69 Å². The number of carbonyl (C=O) groups excluding carboxylic acids is 2. The van der Waals surface area contributed by atoms with Crippen molar-refractivity contribution in [3.05, 3.63) is 41.7 Å². The summed E-state index contributed by atoms with van der Waals surface area (Å²) < 4.78 is 1.84. The van der Waals surface area contributed by atoms with E-state index in [0.29, 0.717) is 11.7 Å². The Morgan fingerprint density at radius 2 is 1.92 bits per heavy atom. The van der Waals surface area contributed by atoms with Crippen LogP contribution < -0.4 is 10.6 Å². The third-order valence-electron chi connectivity index (χ3n) is 5.25. The van der Waals surface area contributed by atoms with Crippen LogP contribution in [0.2, 0.25) is 0 Å². The molecule has 1 saturated carbocycles. The molecule has 2 aromatic rings. The summed E-state index contributed by atoms with van der Waals surface area (Å²) in [5, 5.41) is 14.0. The van der Waals surface area contributed by atoms with Crippen molar-refractivity contribution in [2.24, 2.45) is 0 Å². The Kier molecular flexibility index (Phi) is 4.69. The minimum atomic E-state index is -0.351. The summed E-state index contributed by atoms with van der Waals surface area (Å²) >= 11 is 0. The molecule has 2 N–H and O–H groups in total. The molecule has 1 atom stereocenters. The largest absolute Gasteiger partial charge is 0.343 e. The Labute approximate surface area is 152 Å². The van der Waals surface area contributed by atoms with E-state index in [1.54, 1.807) is 6.20 Å². The number of nitrogens with zero attached hydrogens (tertiary/aromatic N) is 3. The number of nitrogens with one attached hydrogen (secondary N) is 2. The van der Waals surface area contributed by atoms with Gasteiger partial charge in [-0.3, -0.25) is 9.59 Å². The summed E-state index contributed by atoms with van der Waals surface area (Å²) in [6, 6.07) is 7.50. The molecule has 1 aliphatic heterocycles. The highest BCUT2D eigenvalue weighted by atomic mass is 16.2. The molecule has 1 fully saturated rings. The maximum atomic E-state index is 12.6. The standard InChI is InChI=1S/C19H23N5O2/c25-18-11-16(14-9-5-6-10-15(14)20-18)21-19(26)17-12-24(23-22-17)13-7-3-1-2-4-8-13/h5-6,9-10,12-13,16H,1-4,7-8,11H2,(H,20,25)(H,21,26)/t16-/m1/s1. The fourth-order valence-electron chi connectivity index (χ4n) is 3.85. The second-order valence-electron chi connectivity index (χ2n) is 7.09. The molecule has 26 heavy (non-hydrogen) atoms. The fourth-order valence-corrected chi connectivity index (χ4v) is 3.85. The van der Waals surface area contributed by atoms with Gasteiger partial charge in [0.05, 0.1) is 24.7 Å². The molecule has 7 heteroatoms. The van der Waals surface area contributed by atoms with Crippen molar-refractivity contribution in [3.63, 3.8) is 0 Å². The van der Waals surface area contributed by atoms with Gasteiger partial charge in [-0.15, -0.1) is 5.10 Å². The summed E-state index contributed by atoms with van der Waals surface area (Å²) in [7, 11) is 0. The average Bonchev–Trinajstić information content (AvgIpc) is 2.97. The van der Waals surface area contributed by atoms with Crippen LogP contribution in [-0.4, -0.2) is 26.8 Å². The summed E-state index contributed by atoms with van der Waals surface area (Å²) in [4.78, 5) is 24.5. The monoisotopic (exact) mass is 353 g/mol. The Hall–Kier alpha value is -2.70. The number of anilines is 1. The molecule has 2 amide bonds. The zero-order valence-corrected chi connectivity index (χ0v) is 14.6. The quantitative estimate of drug-likeness (QED) is 0.830. The van der Waals surface area contributed by atoms with Crippen LogP contribution in [0.25, 0.3) is 0 Å². The van der Waals surface area contributed by atoms with Crippen molar-refractivity contribution in [1.82, 2.24) is 20.3 Å². The highest BCUT2D eigenvalue weighted by Gasteiger charge is 2.27. The second kappa shape index (κ2) is 7.27. The Morgan fingerprint density at radius 1 is 1.15 bits per heavy atom. The number of hydrogen-bond donors (Lipinski definition) is 2. The highest BCUT2D eigenvalue weighted by molar-refractivity contribution is 5.97. The number of fused-ring (bicyclic) bond motifs is 1. The lowest BCUT2D eigenvalue weighted by molar-refractivity contribution is -0.116. The molecular formula is C19H23N5O2. The Balaban J connectivity index is 1.48. The van der Waals surface area contributed by atoms with Crippen molar-refractivity contribution in [2.75, 3.05) is 5.32 Å². The SMILES string of the molecule is O=C1C[C@@H](NC(=O)c2cn(C3CCCCCC3)nn2)c2ccccc2N1. The van der Waals surface area contributed by atoms with Crippen molar-refractivity contribution in [2.45, 2.75) is 57.0 Å². The molecule has 0 spiro atoms. The van der Waals surface area contributed by atoms with Gasteiger partial charge >= 0.3 is 0 Å². The van der Waals surface area contributed by atoms with Crippen LogP contribution in [0.3, 0.4) is 0 Å². The highest BCUT2D eigenvalue weighted by Crippen LogP contribution is 2.30. The minimum absolute atomic E-state index is 0.101. The van der Waals surface area contributed by atoms with Crippen molar-refractivity contribution < 1.29 is 9.59 Å². The van der Waals surface area contributed by atoms with Gasteiger partial charge in [0.2, 0.25) is 5.91 Å². The third kappa shape index (κ3) is 3.47. The summed E-state index contributed by atoms with van der Waals surface area (Å²) in [6.45, 7) is 0. The zero-order chi connectivity index (χ0) is 17.9. The number of para-hydroxylation sites is 1. The fraction of sp³-hybridized carbons (Fsp3) is 0.474. The second-order valence-corrected chi connectivity index (χ2v) is 7.09. The first kappa shape index (κ1) is 16.8. The Morgan fingerprint density at radius 3 is 2.73 bits per heavy atom. The van der Waals surface area contributed by atoms with E-state index in [0.717, 1.165) is 24.1 Å². The molecule has 1 aromatic heterocycles. The van der Waals surface area contributed by atoms with Gasteiger partial charge in [0.25, 0.3) is 5.91 Å². The molecule has 0 bridgehead atoms. The summed E-state index contributed by atoms with van der Waals surface area (Å²) in [6.07, 6.45) is 9.05. The smallest absolute Gasteiger partial charge is 0.273 e. The first-order valence-corrected chi connectivity index (χ1v) is 9.32. The van der Waals surface area contributed by atoms with Gasteiger partial charge in [0.15, 0.2) is 5.69 Å². The van der Waals surface area contributed by atoms with Crippen LogP contribution in [-0.2, 0) is 4.79 Å². The van der Waals surface area contributed by atoms with E-state index in [1.807, 2.05) is 28.9 Å². The lowest BCUT2D eigenvalue weighted by Gasteiger charge is -2.25. The van der Waals surface area contributed by atoms with Gasteiger partial charge in [-0.2, -0.15) is 0 Å². The maximum absolute atomic E-state index is 12.6. The number of aromatic nitrogens is 3. The third-order valence-corrected chi connectivity index (χ3v) is 5.25. The first-order valence-electron chi connectivity index (χ1n) is 9.32. The predicted molar refractivity (Wildman–Crippen MR) is 96.7 cm³/mol. The van der Waals surface area contributed by atoms with Crippen molar-refractivity contribution in [3.8, 4) is 0 Å². The molecule has 4 rings (SSSR count). The molecule has 136 valence electrons. The Bertz CT molecular complexity index is 808. The van der Waals surface area contributed by atoms with E-state index >= 15 is 0 Å². The zero-order valence-electron chi connectivity index (χ0n) is 14.6. The lowest BCUT2D eigenvalue weighted by atomic mass is 9.97. The predicted octanol–water partition coefficient (Wildman–Crippen LogP) is 2.99. The molecule has 2 heterocycles. The van der Waals surface area contributed by atoms with E-state index in [-0.39, 0.29) is 24.3 Å². The van der Waals surface area contributed by atoms with E-state index in [2.05, 4.69) is 20.9 Å². The van der Waals surface area contributed by atoms with E-state index in [9.17, 15) is 9.59 Å². The molecular weight excluding hydrogens is 330 g/mol. The van der Waals surface area contributed by atoms with Crippen LogP contribution >= 0.6 is 0 Å². The molecule has 2 aliphatic rings. The van der Waals surface area contributed by atoms with Gasteiger partial charge in [-0.05, 0) is 24.5 Å².